The van der Waals surface area contributed by atoms with E-state index in [2.05, 4.69) is 20.2 Å². The molecule has 0 saturated heterocycles. The number of anilines is 1. The van der Waals surface area contributed by atoms with Crippen LogP contribution in [0.2, 0.25) is 0 Å². The highest BCUT2D eigenvalue weighted by Crippen LogP contribution is 2.26. The van der Waals surface area contributed by atoms with Gasteiger partial charge in [0.1, 0.15) is 17.4 Å². The number of hydrogen-bond donors (Lipinski definition) is 2. The number of benzene rings is 1. The standard InChI is InChI=1S/C20H27FN4O3S/c1-14(2)29(26,27)22-13-15-6-8-17(9-7-15)23-19-10-11-20(25-24-19)28-18-5-3-4-16(21)12-18/h3-5,10-12,14-15,17,22H,6-9,13H2,1-2H3,(H,23,24). The maximum Gasteiger partial charge on any atom is 0.238 e. The smallest absolute Gasteiger partial charge is 0.238 e. The zero-order valence-electron chi connectivity index (χ0n) is 16.6. The Balaban J connectivity index is 1.44. The zero-order valence-corrected chi connectivity index (χ0v) is 17.5. The molecular formula is C20H27FN4O3S. The molecule has 1 aromatic carbocycles. The molecule has 0 aliphatic heterocycles. The van der Waals surface area contributed by atoms with Gasteiger partial charge in [-0.1, -0.05) is 6.07 Å². The number of aromatic nitrogens is 2. The highest BCUT2D eigenvalue weighted by molar-refractivity contribution is 7.90. The monoisotopic (exact) mass is 422 g/mol. The van der Waals surface area contributed by atoms with Crippen molar-refractivity contribution < 1.29 is 17.5 Å². The lowest BCUT2D eigenvalue weighted by molar-refractivity contribution is 0.336. The van der Waals surface area contributed by atoms with Crippen LogP contribution in [-0.4, -0.2) is 36.5 Å². The van der Waals surface area contributed by atoms with Gasteiger partial charge in [-0.15, -0.1) is 10.2 Å². The van der Waals surface area contributed by atoms with Crippen LogP contribution in [0.3, 0.4) is 0 Å². The first-order chi connectivity index (χ1) is 13.8. The van der Waals surface area contributed by atoms with Gasteiger partial charge < -0.3 is 10.1 Å². The topological polar surface area (TPSA) is 93.2 Å². The van der Waals surface area contributed by atoms with E-state index in [1.54, 1.807) is 38.1 Å². The average molecular weight is 423 g/mol. The Labute approximate surface area is 171 Å². The summed E-state index contributed by atoms with van der Waals surface area (Å²) in [5.41, 5.74) is 0. The minimum absolute atomic E-state index is 0.275. The maximum atomic E-state index is 13.2. The number of nitrogens with zero attached hydrogens (tertiary/aromatic N) is 2. The largest absolute Gasteiger partial charge is 0.437 e. The molecular weight excluding hydrogens is 395 g/mol. The Morgan fingerprint density at radius 1 is 1.14 bits per heavy atom. The molecule has 2 aromatic rings. The summed E-state index contributed by atoms with van der Waals surface area (Å²) in [4.78, 5) is 0. The summed E-state index contributed by atoms with van der Waals surface area (Å²) in [6.45, 7) is 3.86. The van der Waals surface area contributed by atoms with Gasteiger partial charge in [0.15, 0.2) is 0 Å². The van der Waals surface area contributed by atoms with E-state index in [1.807, 2.05) is 0 Å². The van der Waals surface area contributed by atoms with Crippen molar-refractivity contribution in [2.45, 2.75) is 50.8 Å². The molecule has 0 atom stereocenters. The second-order valence-corrected chi connectivity index (χ2v) is 9.94. The molecule has 3 rings (SSSR count). The maximum absolute atomic E-state index is 13.2. The van der Waals surface area contributed by atoms with Crippen LogP contribution >= 0.6 is 0 Å². The summed E-state index contributed by atoms with van der Waals surface area (Å²) in [5, 5.41) is 11.1. The predicted octanol–water partition coefficient (Wildman–Crippen LogP) is 3.71. The molecule has 1 heterocycles. The molecule has 29 heavy (non-hydrogen) atoms. The third-order valence-electron chi connectivity index (χ3n) is 5.05. The Morgan fingerprint density at radius 3 is 2.52 bits per heavy atom. The molecule has 9 heteroatoms. The van der Waals surface area contributed by atoms with Crippen molar-refractivity contribution >= 4 is 15.8 Å². The number of hydrogen-bond acceptors (Lipinski definition) is 6. The Morgan fingerprint density at radius 2 is 1.90 bits per heavy atom. The van der Waals surface area contributed by atoms with E-state index in [-0.39, 0.29) is 11.9 Å². The van der Waals surface area contributed by atoms with Crippen LogP contribution in [-0.2, 0) is 10.0 Å². The molecule has 7 nitrogen and oxygen atoms in total. The molecule has 0 amide bonds. The molecule has 1 aliphatic carbocycles. The van der Waals surface area contributed by atoms with Crippen molar-refractivity contribution in [1.82, 2.24) is 14.9 Å². The highest BCUT2D eigenvalue weighted by Gasteiger charge is 2.24. The minimum atomic E-state index is -3.21. The van der Waals surface area contributed by atoms with Gasteiger partial charge in [0.05, 0.1) is 5.25 Å². The average Bonchev–Trinajstić information content (AvgIpc) is 2.69. The SMILES string of the molecule is CC(C)S(=O)(=O)NCC1CCC(Nc2ccc(Oc3cccc(F)c3)nn2)CC1. The first-order valence-electron chi connectivity index (χ1n) is 9.84. The van der Waals surface area contributed by atoms with Crippen molar-refractivity contribution in [2.75, 3.05) is 11.9 Å². The number of ether oxygens (including phenoxy) is 1. The van der Waals surface area contributed by atoms with E-state index >= 15 is 0 Å². The Hall–Kier alpha value is -2.26. The van der Waals surface area contributed by atoms with Crippen molar-refractivity contribution in [1.29, 1.82) is 0 Å². The van der Waals surface area contributed by atoms with Crippen molar-refractivity contribution in [3.05, 3.63) is 42.2 Å². The van der Waals surface area contributed by atoms with Gasteiger partial charge in [0, 0.05) is 24.7 Å². The normalized spacial score (nSPS) is 19.9. The summed E-state index contributed by atoms with van der Waals surface area (Å²) in [6.07, 6.45) is 3.79. The number of halogens is 1. The van der Waals surface area contributed by atoms with Crippen LogP contribution < -0.4 is 14.8 Å². The van der Waals surface area contributed by atoms with Crippen LogP contribution in [0.15, 0.2) is 36.4 Å². The summed E-state index contributed by atoms with van der Waals surface area (Å²) in [7, 11) is -3.21. The number of sulfonamides is 1. The second-order valence-electron chi connectivity index (χ2n) is 7.62. The highest BCUT2D eigenvalue weighted by atomic mass is 32.2. The van der Waals surface area contributed by atoms with Gasteiger partial charge in [-0.25, -0.2) is 17.5 Å². The summed E-state index contributed by atoms with van der Waals surface area (Å²) in [6, 6.07) is 9.59. The molecule has 1 aromatic heterocycles. The van der Waals surface area contributed by atoms with Crippen LogP contribution in [0.5, 0.6) is 11.6 Å². The first kappa shape index (κ1) is 21.4. The van der Waals surface area contributed by atoms with E-state index in [0.717, 1.165) is 25.7 Å². The lowest BCUT2D eigenvalue weighted by atomic mass is 9.86. The van der Waals surface area contributed by atoms with Crippen molar-refractivity contribution in [3.63, 3.8) is 0 Å². The lowest BCUT2D eigenvalue weighted by Gasteiger charge is -2.29. The Bertz CT molecular complexity index is 898. The van der Waals surface area contributed by atoms with E-state index in [4.69, 9.17) is 4.74 Å². The summed E-state index contributed by atoms with van der Waals surface area (Å²) >= 11 is 0. The molecule has 1 fully saturated rings. The fourth-order valence-corrected chi connectivity index (χ4v) is 4.02. The third-order valence-corrected chi connectivity index (χ3v) is 6.86. The quantitative estimate of drug-likeness (QED) is 0.674. The predicted molar refractivity (Wildman–Crippen MR) is 110 cm³/mol. The molecule has 0 spiro atoms. The number of nitrogens with one attached hydrogen (secondary N) is 2. The summed E-state index contributed by atoms with van der Waals surface area (Å²) in [5.74, 6) is 1.30. The van der Waals surface area contributed by atoms with Gasteiger partial charge in [-0.2, -0.15) is 0 Å². The molecule has 0 bridgehead atoms. The summed E-state index contributed by atoms with van der Waals surface area (Å²) < 4.78 is 45.2. The Kier molecular flexibility index (Phi) is 7.02. The van der Waals surface area contributed by atoms with E-state index in [9.17, 15) is 12.8 Å². The third kappa shape index (κ3) is 6.37. The molecule has 2 N–H and O–H groups in total. The van der Waals surface area contributed by atoms with Gasteiger partial charge in [0.25, 0.3) is 0 Å². The van der Waals surface area contributed by atoms with Crippen LogP contribution in [0.25, 0.3) is 0 Å². The van der Waals surface area contributed by atoms with Crippen LogP contribution in [0, 0.1) is 11.7 Å². The van der Waals surface area contributed by atoms with Gasteiger partial charge in [-0.05, 0) is 63.6 Å². The van der Waals surface area contributed by atoms with Crippen molar-refractivity contribution in [3.8, 4) is 11.6 Å². The van der Waals surface area contributed by atoms with Crippen LogP contribution in [0.4, 0.5) is 10.2 Å². The van der Waals surface area contributed by atoms with E-state index in [1.165, 1.54) is 12.1 Å². The lowest BCUT2D eigenvalue weighted by Crippen LogP contribution is -2.37. The van der Waals surface area contributed by atoms with E-state index < -0.39 is 15.3 Å². The van der Waals surface area contributed by atoms with Crippen LogP contribution in [0.1, 0.15) is 39.5 Å². The van der Waals surface area contributed by atoms with Gasteiger partial charge in [-0.3, -0.25) is 0 Å². The molecule has 0 unspecified atom stereocenters. The van der Waals surface area contributed by atoms with Gasteiger partial charge in [0.2, 0.25) is 15.9 Å². The fraction of sp³-hybridized carbons (Fsp3) is 0.500. The number of rotatable bonds is 8. The molecule has 1 aliphatic rings. The zero-order chi connectivity index (χ0) is 20.9. The van der Waals surface area contributed by atoms with Crippen molar-refractivity contribution in [2.24, 2.45) is 5.92 Å². The van der Waals surface area contributed by atoms with E-state index in [0.29, 0.717) is 29.9 Å². The fourth-order valence-electron chi connectivity index (χ4n) is 3.22. The minimum Gasteiger partial charge on any atom is -0.437 e. The molecule has 0 radical (unpaired) electrons. The molecule has 1 saturated carbocycles. The first-order valence-corrected chi connectivity index (χ1v) is 11.4. The van der Waals surface area contributed by atoms with Gasteiger partial charge >= 0.3 is 0 Å². The second kappa shape index (κ2) is 9.49. The molecule has 158 valence electrons.